The van der Waals surface area contributed by atoms with Crippen LogP contribution in [0, 0.1) is 17.8 Å². The van der Waals surface area contributed by atoms with Gasteiger partial charge in [0, 0.05) is 19.5 Å². The van der Waals surface area contributed by atoms with Gasteiger partial charge < -0.3 is 10.0 Å². The summed E-state index contributed by atoms with van der Waals surface area (Å²) in [6.45, 7) is 3.13. The second kappa shape index (κ2) is 6.34. The molecule has 7 heteroatoms. The Morgan fingerprint density at radius 1 is 1.33 bits per heavy atom. The highest BCUT2D eigenvalue weighted by molar-refractivity contribution is 7.91. The van der Waals surface area contributed by atoms with Gasteiger partial charge in [-0.2, -0.15) is 0 Å². The van der Waals surface area contributed by atoms with Crippen molar-refractivity contribution in [2.45, 2.75) is 32.6 Å². The first-order chi connectivity index (χ1) is 9.78. The fourth-order valence-electron chi connectivity index (χ4n) is 3.36. The molecule has 21 heavy (non-hydrogen) atoms. The Balaban J connectivity index is 1.94. The molecule has 0 aromatic heterocycles. The van der Waals surface area contributed by atoms with E-state index in [0.29, 0.717) is 19.5 Å². The predicted molar refractivity (Wildman–Crippen MR) is 77.5 cm³/mol. The molecule has 2 fully saturated rings. The molecule has 0 bridgehead atoms. The number of nitrogens with zero attached hydrogens (tertiary/aromatic N) is 1. The molecule has 2 aliphatic rings. The number of hydrogen-bond acceptors (Lipinski definition) is 4. The lowest BCUT2D eigenvalue weighted by Gasteiger charge is -2.36. The molecule has 1 N–H and O–H groups in total. The van der Waals surface area contributed by atoms with Crippen LogP contribution in [0.3, 0.4) is 0 Å². The fraction of sp³-hybridized carbons (Fsp3) is 0.857. The lowest BCUT2D eigenvalue weighted by molar-refractivity contribution is -0.139. The van der Waals surface area contributed by atoms with Crippen molar-refractivity contribution < 1.29 is 23.1 Å². The van der Waals surface area contributed by atoms with Crippen molar-refractivity contribution >= 4 is 21.7 Å². The minimum absolute atomic E-state index is 0.0301. The van der Waals surface area contributed by atoms with Gasteiger partial charge in [0.05, 0.1) is 17.4 Å². The summed E-state index contributed by atoms with van der Waals surface area (Å²) >= 11 is 0. The van der Waals surface area contributed by atoms with Gasteiger partial charge in [-0.25, -0.2) is 8.42 Å². The van der Waals surface area contributed by atoms with Gasteiger partial charge in [0.25, 0.3) is 0 Å². The summed E-state index contributed by atoms with van der Waals surface area (Å²) in [7, 11) is -3.05. The Hall–Kier alpha value is -1.11. The first-order valence-corrected chi connectivity index (χ1v) is 9.31. The molecular formula is C14H23NO5S. The van der Waals surface area contributed by atoms with Gasteiger partial charge in [0.2, 0.25) is 5.91 Å². The van der Waals surface area contributed by atoms with Crippen molar-refractivity contribution in [1.82, 2.24) is 4.90 Å². The number of rotatable bonds is 4. The summed E-state index contributed by atoms with van der Waals surface area (Å²) in [6.07, 6.45) is 2.33. The molecule has 1 amide bonds. The molecule has 0 spiro atoms. The van der Waals surface area contributed by atoms with Crippen LogP contribution in [0.1, 0.15) is 32.6 Å². The van der Waals surface area contributed by atoms with Crippen LogP contribution in [0.25, 0.3) is 0 Å². The van der Waals surface area contributed by atoms with Gasteiger partial charge in [0.1, 0.15) is 0 Å². The summed E-state index contributed by atoms with van der Waals surface area (Å²) in [6, 6.07) is 0. The Labute approximate surface area is 125 Å². The van der Waals surface area contributed by atoms with Crippen LogP contribution >= 0.6 is 0 Å². The van der Waals surface area contributed by atoms with E-state index in [9.17, 15) is 18.0 Å². The maximum absolute atomic E-state index is 12.4. The van der Waals surface area contributed by atoms with Gasteiger partial charge in [-0.15, -0.1) is 0 Å². The van der Waals surface area contributed by atoms with E-state index in [4.69, 9.17) is 5.11 Å². The second-order valence-corrected chi connectivity index (χ2v) is 8.59. The van der Waals surface area contributed by atoms with E-state index in [1.54, 1.807) is 4.90 Å². The molecule has 0 aliphatic carbocycles. The van der Waals surface area contributed by atoms with Crippen molar-refractivity contribution in [2.24, 2.45) is 17.8 Å². The Morgan fingerprint density at radius 2 is 2.05 bits per heavy atom. The van der Waals surface area contributed by atoms with E-state index in [-0.39, 0.29) is 35.7 Å². The molecule has 0 aromatic rings. The lowest BCUT2D eigenvalue weighted by atomic mass is 9.84. The number of carbonyl (C=O) groups excluding carboxylic acids is 1. The summed E-state index contributed by atoms with van der Waals surface area (Å²) in [5, 5.41) is 8.87. The van der Waals surface area contributed by atoms with Crippen molar-refractivity contribution in [3.8, 4) is 0 Å². The maximum Gasteiger partial charge on any atom is 0.303 e. The van der Waals surface area contributed by atoms with Crippen LogP contribution in [0.2, 0.25) is 0 Å². The zero-order chi connectivity index (χ0) is 15.6. The number of likely N-dealkylation sites (tertiary alicyclic amines) is 1. The predicted octanol–water partition coefficient (Wildman–Crippen LogP) is 0.770. The summed E-state index contributed by atoms with van der Waals surface area (Å²) in [5.41, 5.74) is 0. The molecule has 120 valence electrons. The van der Waals surface area contributed by atoms with E-state index in [1.165, 1.54) is 0 Å². The van der Waals surface area contributed by atoms with Crippen LogP contribution in [0.15, 0.2) is 0 Å². The average Bonchev–Trinajstić information content (AvgIpc) is 2.77. The first kappa shape index (κ1) is 16.3. The summed E-state index contributed by atoms with van der Waals surface area (Å²) < 4.78 is 23.0. The quantitative estimate of drug-likeness (QED) is 0.827. The molecule has 3 unspecified atom stereocenters. The van der Waals surface area contributed by atoms with Crippen LogP contribution in [0.4, 0.5) is 0 Å². The minimum atomic E-state index is -3.05. The van der Waals surface area contributed by atoms with Crippen molar-refractivity contribution in [2.75, 3.05) is 24.6 Å². The Morgan fingerprint density at radius 3 is 2.62 bits per heavy atom. The van der Waals surface area contributed by atoms with Gasteiger partial charge in [-0.05, 0) is 31.1 Å². The summed E-state index contributed by atoms with van der Waals surface area (Å²) in [5.74, 6) is -0.977. The average molecular weight is 317 g/mol. The number of carboxylic acid groups (broad SMARTS) is 1. The molecule has 0 aromatic carbocycles. The molecule has 3 atom stereocenters. The highest BCUT2D eigenvalue weighted by Gasteiger charge is 2.37. The van der Waals surface area contributed by atoms with E-state index < -0.39 is 21.7 Å². The molecule has 2 saturated heterocycles. The monoisotopic (exact) mass is 317 g/mol. The van der Waals surface area contributed by atoms with Gasteiger partial charge in [0.15, 0.2) is 9.84 Å². The normalized spacial score (nSPS) is 30.0. The molecule has 2 heterocycles. The third kappa shape index (κ3) is 4.18. The van der Waals surface area contributed by atoms with E-state index >= 15 is 0 Å². The third-order valence-electron chi connectivity index (χ3n) is 4.65. The van der Waals surface area contributed by atoms with E-state index in [2.05, 4.69) is 0 Å². The van der Waals surface area contributed by atoms with Gasteiger partial charge in [-0.3, -0.25) is 9.59 Å². The molecule has 0 radical (unpaired) electrons. The van der Waals surface area contributed by atoms with Crippen LogP contribution in [-0.2, 0) is 19.4 Å². The third-order valence-corrected chi connectivity index (χ3v) is 6.42. The minimum Gasteiger partial charge on any atom is -0.481 e. The Kier molecular flexibility index (Phi) is 4.91. The SMILES string of the molecule is CC(CC(=O)O)C1CCCN(C(=O)C2CCS(=O)(=O)C2)C1. The first-order valence-electron chi connectivity index (χ1n) is 7.49. The van der Waals surface area contributed by atoms with E-state index in [0.717, 1.165) is 12.8 Å². The molecule has 2 rings (SSSR count). The number of aliphatic carboxylic acids is 1. The number of sulfone groups is 1. The Bertz CT molecular complexity index is 515. The highest BCUT2D eigenvalue weighted by atomic mass is 32.2. The van der Waals surface area contributed by atoms with Crippen molar-refractivity contribution in [3.63, 3.8) is 0 Å². The van der Waals surface area contributed by atoms with Crippen LogP contribution < -0.4 is 0 Å². The summed E-state index contributed by atoms with van der Waals surface area (Å²) in [4.78, 5) is 25.0. The van der Waals surface area contributed by atoms with E-state index in [1.807, 2.05) is 6.92 Å². The highest BCUT2D eigenvalue weighted by Crippen LogP contribution is 2.28. The lowest BCUT2D eigenvalue weighted by Crippen LogP contribution is -2.44. The zero-order valence-corrected chi connectivity index (χ0v) is 13.1. The largest absolute Gasteiger partial charge is 0.481 e. The van der Waals surface area contributed by atoms with Crippen LogP contribution in [0.5, 0.6) is 0 Å². The van der Waals surface area contributed by atoms with Crippen molar-refractivity contribution in [3.05, 3.63) is 0 Å². The standard InChI is InChI=1S/C14H23NO5S/c1-10(7-13(16)17)11-3-2-5-15(8-11)14(18)12-4-6-21(19,20)9-12/h10-12H,2-9H2,1H3,(H,16,17). The van der Waals surface area contributed by atoms with Gasteiger partial charge >= 0.3 is 5.97 Å². The number of hydrogen-bond donors (Lipinski definition) is 1. The van der Waals surface area contributed by atoms with Crippen LogP contribution in [-0.4, -0.2) is 54.9 Å². The fourth-order valence-corrected chi connectivity index (χ4v) is 5.10. The number of amides is 1. The maximum atomic E-state index is 12.4. The topological polar surface area (TPSA) is 91.8 Å². The smallest absolute Gasteiger partial charge is 0.303 e. The van der Waals surface area contributed by atoms with Gasteiger partial charge in [-0.1, -0.05) is 6.92 Å². The molecule has 0 saturated carbocycles. The second-order valence-electron chi connectivity index (χ2n) is 6.36. The zero-order valence-electron chi connectivity index (χ0n) is 12.3. The molecule has 6 nitrogen and oxygen atoms in total. The molecular weight excluding hydrogens is 294 g/mol. The number of piperidine rings is 1. The number of carbonyl (C=O) groups is 2. The molecule has 2 aliphatic heterocycles. The van der Waals surface area contributed by atoms with Crippen molar-refractivity contribution in [1.29, 1.82) is 0 Å². The number of carboxylic acids is 1.